The Morgan fingerprint density at radius 1 is 1.20 bits per heavy atom. The molecule has 0 radical (unpaired) electrons. The van der Waals surface area contributed by atoms with Gasteiger partial charge < -0.3 is 9.47 Å². The number of ether oxygens (including phenoxy) is 2. The van der Waals surface area contributed by atoms with Crippen molar-refractivity contribution in [2.24, 2.45) is 0 Å². The van der Waals surface area contributed by atoms with Crippen LogP contribution in [0.4, 0.5) is 11.4 Å². The van der Waals surface area contributed by atoms with Gasteiger partial charge in [0.2, 0.25) is 0 Å². The first-order valence-corrected chi connectivity index (χ1v) is 10.1. The van der Waals surface area contributed by atoms with Gasteiger partial charge in [0, 0.05) is 17.2 Å². The number of anilines is 1. The molecule has 3 aromatic rings. The van der Waals surface area contributed by atoms with Gasteiger partial charge in [0.25, 0.3) is 20.9 Å². The molecule has 158 valence electrons. The number of nitro groups is 1. The van der Waals surface area contributed by atoms with E-state index in [1.807, 2.05) is 0 Å². The van der Waals surface area contributed by atoms with Gasteiger partial charge in [-0.3, -0.25) is 14.8 Å². The highest BCUT2D eigenvalue weighted by atomic mass is 35.5. The molecule has 0 unspecified atom stereocenters. The SMILES string of the molecule is COc1cc(Cl)cc(-n2nc(S(=O)(=O)Nc3c(C)cccc3[N+](=O)[O-])nc2OC)c1. The average Bonchev–Trinajstić information content (AvgIpc) is 3.14. The summed E-state index contributed by atoms with van der Waals surface area (Å²) >= 11 is 6.07. The molecule has 3 rings (SSSR count). The van der Waals surface area contributed by atoms with E-state index in [2.05, 4.69) is 14.8 Å². The lowest BCUT2D eigenvalue weighted by molar-refractivity contribution is -0.383. The second-order valence-corrected chi connectivity index (χ2v) is 7.99. The average molecular weight is 454 g/mol. The topological polar surface area (TPSA) is 138 Å². The van der Waals surface area contributed by atoms with Gasteiger partial charge in [0.15, 0.2) is 0 Å². The van der Waals surface area contributed by atoms with Crippen LogP contribution in [0.15, 0.2) is 41.6 Å². The number of aromatic nitrogens is 3. The summed E-state index contributed by atoms with van der Waals surface area (Å²) < 4.78 is 39.3. The van der Waals surface area contributed by atoms with Gasteiger partial charge in [-0.1, -0.05) is 23.7 Å². The van der Waals surface area contributed by atoms with Gasteiger partial charge in [-0.2, -0.15) is 18.1 Å². The molecule has 0 aliphatic heterocycles. The van der Waals surface area contributed by atoms with Crippen LogP contribution in [-0.4, -0.2) is 42.3 Å². The number of sulfonamides is 1. The number of methoxy groups -OCH3 is 2. The standard InChI is InChI=1S/C17H16ClN5O6S/c1-10-5-4-6-14(23(24)25)15(10)21-30(26,27)16-19-17(29-3)22(20-16)12-7-11(18)8-13(9-12)28-2/h4-9,21H,1-3H3. The highest BCUT2D eigenvalue weighted by Crippen LogP contribution is 2.30. The van der Waals surface area contributed by atoms with Crippen molar-refractivity contribution in [2.75, 3.05) is 18.9 Å². The van der Waals surface area contributed by atoms with Crippen LogP contribution in [0.25, 0.3) is 5.69 Å². The number of para-hydroxylation sites is 1. The number of nitrogens with one attached hydrogen (secondary N) is 1. The number of nitro benzene ring substituents is 1. The van der Waals surface area contributed by atoms with Crippen LogP contribution in [0.5, 0.6) is 11.8 Å². The molecule has 0 aliphatic rings. The quantitative estimate of drug-likeness (QED) is 0.425. The fraction of sp³-hybridized carbons (Fsp3) is 0.176. The zero-order valence-corrected chi connectivity index (χ0v) is 17.6. The zero-order chi connectivity index (χ0) is 22.1. The van der Waals surface area contributed by atoms with Crippen LogP contribution in [-0.2, 0) is 10.0 Å². The number of hydrogen-bond donors (Lipinski definition) is 1. The lowest BCUT2D eigenvalue weighted by Gasteiger charge is -2.08. The molecule has 1 N–H and O–H groups in total. The molecule has 0 fully saturated rings. The first-order chi connectivity index (χ1) is 14.2. The smallest absolute Gasteiger partial charge is 0.320 e. The molecule has 0 atom stereocenters. The Hall–Kier alpha value is -3.38. The van der Waals surface area contributed by atoms with E-state index >= 15 is 0 Å². The van der Waals surface area contributed by atoms with Crippen molar-refractivity contribution >= 4 is 33.0 Å². The minimum Gasteiger partial charge on any atom is -0.497 e. The van der Waals surface area contributed by atoms with Crippen molar-refractivity contribution in [3.63, 3.8) is 0 Å². The van der Waals surface area contributed by atoms with E-state index in [1.165, 1.54) is 45.4 Å². The Bertz CT molecular complexity index is 1230. The van der Waals surface area contributed by atoms with E-state index in [1.54, 1.807) is 12.1 Å². The fourth-order valence-corrected chi connectivity index (χ4v) is 3.83. The summed E-state index contributed by atoms with van der Waals surface area (Å²) in [5.74, 6) is 0.410. The second-order valence-electron chi connectivity index (χ2n) is 5.97. The van der Waals surface area contributed by atoms with E-state index in [0.29, 0.717) is 22.0 Å². The zero-order valence-electron chi connectivity index (χ0n) is 16.0. The second kappa shape index (κ2) is 8.16. The lowest BCUT2D eigenvalue weighted by Crippen LogP contribution is -2.17. The Labute approximate surface area is 176 Å². The largest absolute Gasteiger partial charge is 0.497 e. The van der Waals surface area contributed by atoms with Gasteiger partial charge in [0.1, 0.15) is 11.4 Å². The number of aryl methyl sites for hydroxylation is 1. The Balaban J connectivity index is 2.08. The molecule has 1 heterocycles. The third kappa shape index (κ3) is 4.14. The maximum absolute atomic E-state index is 12.9. The first kappa shape index (κ1) is 21.3. The maximum Gasteiger partial charge on any atom is 0.320 e. The molecule has 0 spiro atoms. The minimum atomic E-state index is -4.38. The van der Waals surface area contributed by atoms with E-state index < -0.39 is 25.8 Å². The molecule has 0 amide bonds. The number of nitrogens with zero attached hydrogens (tertiary/aromatic N) is 4. The molecular weight excluding hydrogens is 438 g/mol. The predicted octanol–water partition coefficient (Wildman–Crippen LogP) is 2.96. The van der Waals surface area contributed by atoms with Gasteiger partial charge in [-0.05, 0) is 24.6 Å². The Morgan fingerprint density at radius 2 is 1.93 bits per heavy atom. The Morgan fingerprint density at radius 3 is 2.57 bits per heavy atom. The molecule has 0 bridgehead atoms. The fourth-order valence-electron chi connectivity index (χ4n) is 2.60. The normalized spacial score (nSPS) is 11.2. The summed E-state index contributed by atoms with van der Waals surface area (Å²) in [6, 6.07) is 8.67. The van der Waals surface area contributed by atoms with E-state index in [4.69, 9.17) is 21.1 Å². The van der Waals surface area contributed by atoms with Crippen molar-refractivity contribution in [2.45, 2.75) is 12.1 Å². The van der Waals surface area contributed by atoms with Crippen molar-refractivity contribution < 1.29 is 22.8 Å². The summed E-state index contributed by atoms with van der Waals surface area (Å²) in [4.78, 5) is 14.5. The van der Waals surface area contributed by atoms with Gasteiger partial charge in [0.05, 0.1) is 24.8 Å². The molecule has 11 nitrogen and oxygen atoms in total. The molecule has 13 heteroatoms. The van der Waals surface area contributed by atoms with Crippen LogP contribution in [0, 0.1) is 17.0 Å². The summed E-state index contributed by atoms with van der Waals surface area (Å²) in [5, 5.41) is 14.9. The highest BCUT2D eigenvalue weighted by molar-refractivity contribution is 7.92. The van der Waals surface area contributed by atoms with Crippen molar-refractivity contribution in [1.29, 1.82) is 0 Å². The van der Waals surface area contributed by atoms with Crippen molar-refractivity contribution in [3.05, 3.63) is 57.1 Å². The van der Waals surface area contributed by atoms with Crippen LogP contribution >= 0.6 is 11.6 Å². The van der Waals surface area contributed by atoms with Gasteiger partial charge >= 0.3 is 6.01 Å². The number of halogens is 1. The lowest BCUT2D eigenvalue weighted by atomic mass is 10.2. The molecule has 0 saturated heterocycles. The van der Waals surface area contributed by atoms with Crippen LogP contribution in [0.2, 0.25) is 5.02 Å². The predicted molar refractivity (Wildman–Crippen MR) is 108 cm³/mol. The molecular formula is C17H16ClN5O6S. The number of benzene rings is 2. The van der Waals surface area contributed by atoms with Crippen LogP contribution < -0.4 is 14.2 Å². The van der Waals surface area contributed by atoms with Crippen LogP contribution in [0.1, 0.15) is 5.56 Å². The van der Waals surface area contributed by atoms with Gasteiger partial charge in [-0.15, -0.1) is 5.10 Å². The first-order valence-electron chi connectivity index (χ1n) is 8.29. The van der Waals surface area contributed by atoms with E-state index in [0.717, 1.165) is 4.68 Å². The minimum absolute atomic E-state index is 0.140. The third-order valence-corrected chi connectivity index (χ3v) is 5.35. The summed E-state index contributed by atoms with van der Waals surface area (Å²) in [6.07, 6.45) is 0. The molecule has 30 heavy (non-hydrogen) atoms. The Kier molecular flexibility index (Phi) is 5.80. The number of rotatable bonds is 7. The summed E-state index contributed by atoms with van der Waals surface area (Å²) in [5.41, 5.74) is 0.123. The molecule has 0 aliphatic carbocycles. The maximum atomic E-state index is 12.9. The third-order valence-electron chi connectivity index (χ3n) is 4.00. The number of hydrogen-bond acceptors (Lipinski definition) is 8. The monoisotopic (exact) mass is 453 g/mol. The van der Waals surface area contributed by atoms with Crippen molar-refractivity contribution in [3.8, 4) is 17.4 Å². The summed E-state index contributed by atoms with van der Waals surface area (Å²) in [6.45, 7) is 1.54. The van der Waals surface area contributed by atoms with Crippen molar-refractivity contribution in [1.82, 2.24) is 14.8 Å². The van der Waals surface area contributed by atoms with Crippen LogP contribution in [0.3, 0.4) is 0 Å². The summed E-state index contributed by atoms with van der Waals surface area (Å²) in [7, 11) is -1.64. The van der Waals surface area contributed by atoms with E-state index in [-0.39, 0.29) is 11.7 Å². The highest BCUT2D eigenvalue weighted by Gasteiger charge is 2.28. The molecule has 2 aromatic carbocycles. The molecule has 0 saturated carbocycles. The van der Waals surface area contributed by atoms with E-state index in [9.17, 15) is 18.5 Å². The van der Waals surface area contributed by atoms with Gasteiger partial charge in [-0.25, -0.2) is 0 Å². The molecule has 1 aromatic heterocycles.